The number of rotatable bonds is 6. The fourth-order valence-electron chi connectivity index (χ4n) is 2.77. The van der Waals surface area contributed by atoms with Gasteiger partial charge in [0.1, 0.15) is 18.4 Å². The first-order chi connectivity index (χ1) is 13.8. The Balaban J connectivity index is 1.31. The first-order valence-electron chi connectivity index (χ1n) is 8.81. The average Bonchev–Trinajstić information content (AvgIpc) is 3.29. The molecule has 0 aliphatic carbocycles. The zero-order chi connectivity index (χ0) is 19.2. The smallest absolute Gasteiger partial charge is 0.262 e. The van der Waals surface area contributed by atoms with E-state index >= 15 is 0 Å². The zero-order valence-electron chi connectivity index (χ0n) is 15.0. The fourth-order valence-corrected chi connectivity index (χ4v) is 2.77. The van der Waals surface area contributed by atoms with Gasteiger partial charge in [-0.2, -0.15) is 0 Å². The molecule has 0 unspecified atom stereocenters. The summed E-state index contributed by atoms with van der Waals surface area (Å²) in [7, 11) is 0. The summed E-state index contributed by atoms with van der Waals surface area (Å²) in [5.74, 6) is 0.404. The summed E-state index contributed by atoms with van der Waals surface area (Å²) in [6, 6.07) is 25.2. The maximum Gasteiger partial charge on any atom is 0.262 e. The Morgan fingerprint density at radius 2 is 1.46 bits per heavy atom. The van der Waals surface area contributed by atoms with E-state index in [9.17, 15) is 4.79 Å². The summed E-state index contributed by atoms with van der Waals surface area (Å²) in [6.07, 6.45) is 3.23. The lowest BCUT2D eigenvalue weighted by atomic mass is 10.1. The summed E-state index contributed by atoms with van der Waals surface area (Å²) in [4.78, 5) is 12.1. The summed E-state index contributed by atoms with van der Waals surface area (Å²) >= 11 is 0. The lowest BCUT2D eigenvalue weighted by molar-refractivity contribution is -0.118. The third kappa shape index (κ3) is 4.24. The standard InChI is InChI=1S/C22H18N4O2/c27-22(14-28-21-12-10-20(11-13-21)26-15-23-24-16-26)25-19-8-6-18(7-9-19)17-4-2-1-3-5-17/h1-13,15-16H,14H2,(H,25,27). The van der Waals surface area contributed by atoms with E-state index in [-0.39, 0.29) is 12.5 Å². The molecule has 1 amide bonds. The van der Waals surface area contributed by atoms with Crippen LogP contribution in [0.2, 0.25) is 0 Å². The van der Waals surface area contributed by atoms with Gasteiger partial charge in [-0.3, -0.25) is 9.36 Å². The van der Waals surface area contributed by atoms with E-state index in [0.717, 1.165) is 22.5 Å². The molecule has 0 radical (unpaired) electrons. The highest BCUT2D eigenvalue weighted by Crippen LogP contribution is 2.21. The number of anilines is 1. The Hall–Kier alpha value is -3.93. The summed E-state index contributed by atoms with van der Waals surface area (Å²) in [6.45, 7) is -0.0631. The Morgan fingerprint density at radius 3 is 2.14 bits per heavy atom. The zero-order valence-corrected chi connectivity index (χ0v) is 15.0. The molecule has 0 aliphatic heterocycles. The van der Waals surface area contributed by atoms with Crippen molar-refractivity contribution in [2.75, 3.05) is 11.9 Å². The lowest BCUT2D eigenvalue weighted by Crippen LogP contribution is -2.20. The highest BCUT2D eigenvalue weighted by Gasteiger charge is 2.05. The minimum Gasteiger partial charge on any atom is -0.484 e. The number of nitrogens with zero attached hydrogens (tertiary/aromatic N) is 3. The molecule has 0 spiro atoms. The second kappa shape index (κ2) is 8.18. The average molecular weight is 370 g/mol. The fraction of sp³-hybridized carbons (Fsp3) is 0.0455. The van der Waals surface area contributed by atoms with Crippen molar-refractivity contribution in [1.29, 1.82) is 0 Å². The third-order valence-electron chi connectivity index (χ3n) is 4.20. The van der Waals surface area contributed by atoms with Gasteiger partial charge in [0.05, 0.1) is 0 Å². The van der Waals surface area contributed by atoms with Gasteiger partial charge in [0, 0.05) is 11.4 Å². The predicted octanol–water partition coefficient (Wildman–Crippen LogP) is 3.95. The van der Waals surface area contributed by atoms with Gasteiger partial charge in [-0.05, 0) is 47.5 Å². The van der Waals surface area contributed by atoms with Gasteiger partial charge < -0.3 is 10.1 Å². The van der Waals surface area contributed by atoms with Gasteiger partial charge in [-0.25, -0.2) is 0 Å². The largest absolute Gasteiger partial charge is 0.484 e. The molecule has 4 aromatic rings. The molecule has 0 bridgehead atoms. The topological polar surface area (TPSA) is 69.0 Å². The van der Waals surface area contributed by atoms with Crippen LogP contribution in [0.1, 0.15) is 0 Å². The summed E-state index contributed by atoms with van der Waals surface area (Å²) in [5.41, 5.74) is 3.89. The normalized spacial score (nSPS) is 10.4. The van der Waals surface area contributed by atoms with Crippen LogP contribution in [-0.4, -0.2) is 27.3 Å². The SMILES string of the molecule is O=C(COc1ccc(-n2cnnc2)cc1)Nc1ccc(-c2ccccc2)cc1. The van der Waals surface area contributed by atoms with Crippen molar-refractivity contribution in [2.45, 2.75) is 0 Å². The number of nitrogens with one attached hydrogen (secondary N) is 1. The van der Waals surface area contributed by atoms with Crippen molar-refractivity contribution in [1.82, 2.24) is 14.8 Å². The molecule has 28 heavy (non-hydrogen) atoms. The van der Waals surface area contributed by atoms with Crippen LogP contribution in [0.3, 0.4) is 0 Å². The summed E-state index contributed by atoms with van der Waals surface area (Å²) in [5, 5.41) is 10.4. The number of benzene rings is 3. The van der Waals surface area contributed by atoms with E-state index in [4.69, 9.17) is 4.74 Å². The van der Waals surface area contributed by atoms with E-state index in [1.165, 1.54) is 0 Å². The Labute approximate surface area is 162 Å². The van der Waals surface area contributed by atoms with Crippen LogP contribution in [0, 0.1) is 0 Å². The van der Waals surface area contributed by atoms with Gasteiger partial charge in [-0.1, -0.05) is 42.5 Å². The molecular weight excluding hydrogens is 352 g/mol. The first-order valence-corrected chi connectivity index (χ1v) is 8.81. The van der Waals surface area contributed by atoms with Gasteiger partial charge in [0.15, 0.2) is 6.61 Å². The van der Waals surface area contributed by atoms with Crippen LogP contribution in [0.5, 0.6) is 5.75 Å². The molecule has 3 aromatic carbocycles. The number of hydrogen-bond donors (Lipinski definition) is 1. The van der Waals surface area contributed by atoms with Gasteiger partial charge in [0.2, 0.25) is 0 Å². The molecule has 1 aromatic heterocycles. The van der Waals surface area contributed by atoms with Crippen molar-refractivity contribution in [3.8, 4) is 22.6 Å². The van der Waals surface area contributed by atoms with Crippen LogP contribution >= 0.6 is 0 Å². The summed E-state index contributed by atoms with van der Waals surface area (Å²) < 4.78 is 7.34. The number of ether oxygens (including phenoxy) is 1. The molecule has 138 valence electrons. The number of carbonyl (C=O) groups is 1. The second-order valence-corrected chi connectivity index (χ2v) is 6.14. The molecule has 1 heterocycles. The van der Waals surface area contributed by atoms with Gasteiger partial charge >= 0.3 is 0 Å². The molecule has 0 atom stereocenters. The molecule has 0 saturated carbocycles. The van der Waals surface area contributed by atoms with Gasteiger partial charge in [-0.15, -0.1) is 10.2 Å². The molecule has 6 heteroatoms. The van der Waals surface area contributed by atoms with E-state index in [1.54, 1.807) is 29.4 Å². The van der Waals surface area contributed by atoms with Crippen molar-refractivity contribution >= 4 is 11.6 Å². The quantitative estimate of drug-likeness (QED) is 0.558. The monoisotopic (exact) mass is 370 g/mol. The van der Waals surface area contributed by atoms with Crippen molar-refractivity contribution < 1.29 is 9.53 Å². The van der Waals surface area contributed by atoms with Crippen molar-refractivity contribution in [3.63, 3.8) is 0 Å². The van der Waals surface area contributed by atoms with Gasteiger partial charge in [0.25, 0.3) is 5.91 Å². The Kier molecular flexibility index (Phi) is 5.11. The first kappa shape index (κ1) is 17.5. The third-order valence-corrected chi connectivity index (χ3v) is 4.20. The van der Waals surface area contributed by atoms with Crippen LogP contribution in [0.4, 0.5) is 5.69 Å². The minimum atomic E-state index is -0.213. The molecular formula is C22H18N4O2. The van der Waals surface area contributed by atoms with E-state index in [0.29, 0.717) is 5.75 Å². The molecule has 0 aliphatic rings. The van der Waals surface area contributed by atoms with Crippen LogP contribution in [-0.2, 0) is 4.79 Å². The number of amides is 1. The molecule has 0 fully saturated rings. The molecule has 6 nitrogen and oxygen atoms in total. The number of carbonyl (C=O) groups excluding carboxylic acids is 1. The maximum atomic E-state index is 12.1. The maximum absolute atomic E-state index is 12.1. The Bertz CT molecular complexity index is 1030. The molecule has 1 N–H and O–H groups in total. The van der Waals surface area contributed by atoms with Crippen LogP contribution in [0.25, 0.3) is 16.8 Å². The number of hydrogen-bond acceptors (Lipinski definition) is 4. The van der Waals surface area contributed by atoms with Crippen molar-refractivity contribution in [3.05, 3.63) is 91.5 Å². The van der Waals surface area contributed by atoms with Crippen molar-refractivity contribution in [2.24, 2.45) is 0 Å². The van der Waals surface area contributed by atoms with E-state index in [2.05, 4.69) is 27.6 Å². The highest BCUT2D eigenvalue weighted by molar-refractivity contribution is 5.92. The second-order valence-electron chi connectivity index (χ2n) is 6.14. The lowest BCUT2D eigenvalue weighted by Gasteiger charge is -2.09. The van der Waals surface area contributed by atoms with E-state index < -0.39 is 0 Å². The number of aromatic nitrogens is 3. The Morgan fingerprint density at radius 1 is 0.821 bits per heavy atom. The van der Waals surface area contributed by atoms with Crippen LogP contribution in [0.15, 0.2) is 91.5 Å². The van der Waals surface area contributed by atoms with E-state index in [1.807, 2.05) is 54.6 Å². The highest BCUT2D eigenvalue weighted by atomic mass is 16.5. The molecule has 4 rings (SSSR count). The van der Waals surface area contributed by atoms with Crippen LogP contribution < -0.4 is 10.1 Å². The predicted molar refractivity (Wildman–Crippen MR) is 107 cm³/mol. The minimum absolute atomic E-state index is 0.0631. The molecule has 0 saturated heterocycles.